The Balaban J connectivity index is 1.55. The lowest BCUT2D eigenvalue weighted by Gasteiger charge is -2.53. The zero-order valence-corrected chi connectivity index (χ0v) is 24.4. The molecule has 12 nitrogen and oxygen atoms in total. The molecule has 0 aromatic heterocycles. The molecule has 2 unspecified atom stereocenters. The summed E-state index contributed by atoms with van der Waals surface area (Å²) >= 11 is 0. The lowest BCUT2D eigenvalue weighted by molar-refractivity contribution is -0.184. The van der Waals surface area contributed by atoms with E-state index in [1.807, 2.05) is 0 Å². The van der Waals surface area contributed by atoms with Gasteiger partial charge in [0.15, 0.2) is 17.2 Å². The van der Waals surface area contributed by atoms with Crippen molar-refractivity contribution in [2.24, 2.45) is 23.5 Å². The second-order valence-electron chi connectivity index (χ2n) is 12.0. The molecular formula is C32H34N2O10. The van der Waals surface area contributed by atoms with E-state index in [4.69, 9.17) is 10.5 Å². The number of hydrogen-bond donors (Lipinski definition) is 5. The molecule has 0 radical (unpaired) electrons. The molecule has 0 aliphatic heterocycles. The maximum absolute atomic E-state index is 14.0. The molecule has 2 saturated carbocycles. The molecule has 44 heavy (non-hydrogen) atoms. The number of carbonyl (C=O) groups is 5. The lowest BCUT2D eigenvalue weighted by atomic mass is 9.54. The Labute approximate surface area is 252 Å². The van der Waals surface area contributed by atoms with E-state index in [9.17, 15) is 44.4 Å². The third kappa shape index (κ3) is 4.88. The topological polar surface area (TPSA) is 205 Å². The molecule has 2 aromatic carbocycles. The van der Waals surface area contributed by atoms with Gasteiger partial charge in [-0.15, -0.1) is 0 Å². The Morgan fingerprint density at radius 2 is 1.73 bits per heavy atom. The summed E-state index contributed by atoms with van der Waals surface area (Å²) in [6.45, 7) is 0.894. The molecule has 232 valence electrons. The summed E-state index contributed by atoms with van der Waals surface area (Å²) < 4.78 is 4.75. The largest absolute Gasteiger partial charge is 0.507 e. The Morgan fingerprint density at radius 1 is 1.07 bits per heavy atom. The van der Waals surface area contributed by atoms with E-state index in [1.165, 1.54) is 17.9 Å². The number of amides is 1. The molecule has 12 heteroatoms. The fourth-order valence-electron chi connectivity index (χ4n) is 7.14. The molecule has 6 N–H and O–H groups in total. The van der Waals surface area contributed by atoms with Gasteiger partial charge in [0.1, 0.15) is 24.0 Å². The quantitative estimate of drug-likeness (QED) is 0.216. The van der Waals surface area contributed by atoms with Gasteiger partial charge in [0.2, 0.25) is 11.7 Å². The Hall–Kier alpha value is -4.39. The van der Waals surface area contributed by atoms with Gasteiger partial charge >= 0.3 is 5.97 Å². The molecule has 3 aliphatic rings. The van der Waals surface area contributed by atoms with Gasteiger partial charge in [0.25, 0.3) is 0 Å². The van der Waals surface area contributed by atoms with Gasteiger partial charge < -0.3 is 35.8 Å². The number of benzene rings is 2. The highest BCUT2D eigenvalue weighted by Gasteiger charge is 2.67. The van der Waals surface area contributed by atoms with Crippen LogP contribution < -0.4 is 5.73 Å². The number of Topliss-reactive ketones (excluding diaryl/α,β-unsaturated/α-hetero) is 3. The van der Waals surface area contributed by atoms with Gasteiger partial charge in [-0.1, -0.05) is 30.3 Å². The summed E-state index contributed by atoms with van der Waals surface area (Å²) in [7, 11) is 3.19. The number of primary amides is 1. The van der Waals surface area contributed by atoms with Crippen molar-refractivity contribution in [3.05, 3.63) is 58.7 Å². The van der Waals surface area contributed by atoms with Crippen LogP contribution in [0.15, 0.2) is 42.0 Å². The standard InChI is InChI=1S/C32H34N2O10/c1-14(35)44-13-18(36)10-15-4-6-16(7-5-15)19-8-9-22(37)24-20(19)11-17-12-21-26(34(2)3)28(39)25(31(33)42)30(41)32(21,43)29(40)23(17)27(24)38/h4-9,17,21,25-26,28,37-39,43H,10-13H2,1-3H3,(H2,33,42)/t17-,21-,25?,26-,28?,32-/m1/s1. The van der Waals surface area contributed by atoms with E-state index in [0.717, 1.165) is 0 Å². The molecular weight excluding hydrogens is 572 g/mol. The van der Waals surface area contributed by atoms with Crippen molar-refractivity contribution in [2.45, 2.75) is 43.9 Å². The summed E-state index contributed by atoms with van der Waals surface area (Å²) in [6, 6.07) is 9.06. The zero-order valence-electron chi connectivity index (χ0n) is 24.4. The minimum Gasteiger partial charge on any atom is -0.507 e. The van der Waals surface area contributed by atoms with Gasteiger partial charge in [0.05, 0.1) is 11.7 Å². The van der Waals surface area contributed by atoms with Crippen LogP contribution in [-0.4, -0.2) is 93.0 Å². The van der Waals surface area contributed by atoms with Crippen LogP contribution in [0, 0.1) is 17.8 Å². The summed E-state index contributed by atoms with van der Waals surface area (Å²) in [4.78, 5) is 64.3. The van der Waals surface area contributed by atoms with Gasteiger partial charge in [-0.05, 0) is 61.2 Å². The Morgan fingerprint density at radius 3 is 2.32 bits per heavy atom. The number of likely N-dealkylation sites (N-methyl/N-ethyl adjacent to an activating group) is 1. The molecule has 0 spiro atoms. The summed E-state index contributed by atoms with van der Waals surface area (Å²) in [5, 5.41) is 45.0. The fraction of sp³-hybridized carbons (Fsp3) is 0.406. The second-order valence-corrected chi connectivity index (χ2v) is 12.0. The number of hydrogen-bond acceptors (Lipinski definition) is 11. The summed E-state index contributed by atoms with van der Waals surface area (Å²) in [5.74, 6) is -8.80. The first-order chi connectivity index (χ1) is 20.7. The van der Waals surface area contributed by atoms with E-state index >= 15 is 0 Å². The molecule has 5 rings (SSSR count). The number of ketones is 3. The number of aliphatic hydroxyl groups is 3. The molecule has 0 heterocycles. The first-order valence-electron chi connectivity index (χ1n) is 14.2. The fourth-order valence-corrected chi connectivity index (χ4v) is 7.14. The van der Waals surface area contributed by atoms with E-state index in [2.05, 4.69) is 0 Å². The smallest absolute Gasteiger partial charge is 0.303 e. The first-order valence-corrected chi connectivity index (χ1v) is 14.2. The van der Waals surface area contributed by atoms with E-state index in [-0.39, 0.29) is 48.5 Å². The van der Waals surface area contributed by atoms with Crippen molar-refractivity contribution in [2.75, 3.05) is 20.7 Å². The highest BCUT2D eigenvalue weighted by atomic mass is 16.5. The molecule has 6 atom stereocenters. The number of phenolic OH excluding ortho intramolecular Hbond substituents is 1. The SMILES string of the molecule is CC(=O)OCC(=O)Cc1ccc(-c2ccc(O)c3c2C[C@@H]2C[C@@H]4[C@@H](N(C)C)C(O)C(C(N)=O)C(=O)[C@]4(O)C(=O)C2=C3O)cc1. The van der Waals surface area contributed by atoms with Crippen LogP contribution in [0.3, 0.4) is 0 Å². The van der Waals surface area contributed by atoms with E-state index in [0.29, 0.717) is 22.3 Å². The molecule has 0 bridgehead atoms. The normalized spacial score (nSPS) is 27.8. The van der Waals surface area contributed by atoms with Crippen LogP contribution in [-0.2, 0) is 41.6 Å². The zero-order chi connectivity index (χ0) is 32.2. The molecule has 3 aliphatic carbocycles. The maximum atomic E-state index is 14.0. The van der Waals surface area contributed by atoms with E-state index in [1.54, 1.807) is 44.4 Å². The summed E-state index contributed by atoms with van der Waals surface area (Å²) in [6.07, 6.45) is -1.35. The minimum atomic E-state index is -2.72. The second kappa shape index (κ2) is 11.3. The number of phenols is 1. The number of fused-ring (bicyclic) bond motifs is 3. The van der Waals surface area contributed by atoms with Crippen molar-refractivity contribution in [3.63, 3.8) is 0 Å². The minimum absolute atomic E-state index is 0.0105. The van der Waals surface area contributed by atoms with Crippen molar-refractivity contribution < 1.29 is 49.1 Å². The number of nitrogens with zero attached hydrogens (tertiary/aromatic N) is 1. The first kappa shape index (κ1) is 31.0. The van der Waals surface area contributed by atoms with Crippen molar-refractivity contribution in [1.82, 2.24) is 4.90 Å². The van der Waals surface area contributed by atoms with Crippen molar-refractivity contribution in [3.8, 4) is 16.9 Å². The number of ether oxygens (including phenoxy) is 1. The number of esters is 1. The third-order valence-electron chi connectivity index (χ3n) is 9.07. The summed E-state index contributed by atoms with van der Waals surface area (Å²) in [5.41, 5.74) is 5.03. The van der Waals surface area contributed by atoms with Crippen LogP contribution in [0.25, 0.3) is 16.9 Å². The predicted molar refractivity (Wildman–Crippen MR) is 155 cm³/mol. The van der Waals surface area contributed by atoms with Crippen LogP contribution >= 0.6 is 0 Å². The number of carbonyl (C=O) groups excluding carboxylic acids is 5. The van der Waals surface area contributed by atoms with Crippen LogP contribution in [0.5, 0.6) is 5.75 Å². The highest BCUT2D eigenvalue weighted by Crippen LogP contribution is 2.53. The van der Waals surface area contributed by atoms with Gasteiger partial charge in [-0.2, -0.15) is 0 Å². The van der Waals surface area contributed by atoms with Crippen LogP contribution in [0.2, 0.25) is 0 Å². The van der Waals surface area contributed by atoms with Gasteiger partial charge in [-0.25, -0.2) is 0 Å². The average Bonchev–Trinajstić information content (AvgIpc) is 2.94. The third-order valence-corrected chi connectivity index (χ3v) is 9.07. The van der Waals surface area contributed by atoms with E-state index < -0.39 is 64.7 Å². The molecule has 2 aromatic rings. The van der Waals surface area contributed by atoms with Crippen molar-refractivity contribution >= 4 is 35.0 Å². The predicted octanol–water partition coefficient (Wildman–Crippen LogP) is 0.471. The Bertz CT molecular complexity index is 1610. The number of aromatic hydroxyl groups is 1. The van der Waals surface area contributed by atoms with Crippen LogP contribution in [0.4, 0.5) is 0 Å². The lowest BCUT2D eigenvalue weighted by Crippen LogP contribution is -2.73. The van der Waals surface area contributed by atoms with Gasteiger partial charge in [0, 0.05) is 30.9 Å². The molecule has 1 amide bonds. The Kier molecular flexibility index (Phi) is 7.95. The number of nitrogens with two attached hydrogens (primary N) is 1. The highest BCUT2D eigenvalue weighted by molar-refractivity contribution is 6.25. The van der Waals surface area contributed by atoms with Crippen LogP contribution in [0.1, 0.15) is 30.0 Å². The monoisotopic (exact) mass is 606 g/mol. The average molecular weight is 607 g/mol. The van der Waals surface area contributed by atoms with Gasteiger partial charge in [-0.3, -0.25) is 24.0 Å². The number of aliphatic hydroxyl groups excluding tert-OH is 2. The molecule has 2 fully saturated rings. The maximum Gasteiger partial charge on any atom is 0.303 e. The number of rotatable bonds is 7. The molecule has 0 saturated heterocycles. The van der Waals surface area contributed by atoms with Crippen molar-refractivity contribution in [1.29, 1.82) is 0 Å².